The summed E-state index contributed by atoms with van der Waals surface area (Å²) in [5.41, 5.74) is 0. The topological polar surface area (TPSA) is 59.9 Å². The first kappa shape index (κ1) is 20.4. The van der Waals surface area contributed by atoms with Gasteiger partial charge in [-0.3, -0.25) is 9.89 Å². The van der Waals surface area contributed by atoms with Crippen LogP contribution in [0.5, 0.6) is 0 Å². The smallest absolute Gasteiger partial charge is 0.225 e. The molecule has 1 aromatic heterocycles. The van der Waals surface area contributed by atoms with Crippen molar-refractivity contribution in [2.45, 2.75) is 51.0 Å². The van der Waals surface area contributed by atoms with Crippen LogP contribution in [0.2, 0.25) is 0 Å². The molecule has 7 nitrogen and oxygen atoms in total. The summed E-state index contributed by atoms with van der Waals surface area (Å²) < 4.78 is 0. The van der Waals surface area contributed by atoms with Crippen molar-refractivity contribution >= 4 is 11.9 Å². The fourth-order valence-corrected chi connectivity index (χ4v) is 5.18. The number of nitrogens with zero attached hydrogens (tertiary/aromatic N) is 6. The van der Waals surface area contributed by atoms with Gasteiger partial charge in [-0.05, 0) is 44.2 Å². The lowest BCUT2D eigenvalue weighted by Crippen LogP contribution is -2.54. The number of guanidine groups is 1. The lowest BCUT2D eigenvalue weighted by atomic mass is 9.89. The fourth-order valence-electron chi connectivity index (χ4n) is 5.18. The summed E-state index contributed by atoms with van der Waals surface area (Å²) in [5.74, 6) is 2.81. The molecule has 29 heavy (non-hydrogen) atoms. The van der Waals surface area contributed by atoms with E-state index in [1.807, 2.05) is 25.5 Å². The van der Waals surface area contributed by atoms with Crippen molar-refractivity contribution in [1.29, 1.82) is 0 Å². The molecule has 0 aromatic carbocycles. The third-order valence-electron chi connectivity index (χ3n) is 6.84. The van der Waals surface area contributed by atoms with E-state index < -0.39 is 0 Å². The number of piperazine rings is 1. The molecule has 3 aliphatic rings. The van der Waals surface area contributed by atoms with Crippen LogP contribution in [-0.2, 0) is 0 Å². The Balaban J connectivity index is 1.24. The zero-order chi connectivity index (χ0) is 19.9. The summed E-state index contributed by atoms with van der Waals surface area (Å²) in [4.78, 5) is 20.7. The fraction of sp³-hybridized carbons (Fsp3) is 0.773. The average Bonchev–Trinajstić information content (AvgIpc) is 3.23. The van der Waals surface area contributed by atoms with Crippen molar-refractivity contribution in [3.63, 3.8) is 0 Å². The normalized spacial score (nSPS) is 24.9. The Hall–Kier alpha value is -1.89. The summed E-state index contributed by atoms with van der Waals surface area (Å²) in [6.07, 6.45) is 13.5. The number of rotatable bonds is 5. The molecule has 1 unspecified atom stereocenters. The number of aliphatic imine (C=N–C) groups is 1. The van der Waals surface area contributed by atoms with Gasteiger partial charge < -0.3 is 15.1 Å². The molecule has 1 aromatic rings. The molecule has 160 valence electrons. The minimum atomic E-state index is 0.660. The highest BCUT2D eigenvalue weighted by molar-refractivity contribution is 5.80. The minimum absolute atomic E-state index is 0.660. The summed E-state index contributed by atoms with van der Waals surface area (Å²) in [6.45, 7) is 7.37. The maximum atomic E-state index is 4.57. The van der Waals surface area contributed by atoms with Gasteiger partial charge in [0.05, 0.1) is 0 Å². The van der Waals surface area contributed by atoms with E-state index in [1.165, 1.54) is 58.0 Å². The molecule has 3 heterocycles. The van der Waals surface area contributed by atoms with E-state index in [9.17, 15) is 0 Å². The molecule has 0 radical (unpaired) electrons. The van der Waals surface area contributed by atoms with Gasteiger partial charge in [0.1, 0.15) is 0 Å². The van der Waals surface area contributed by atoms with Crippen molar-refractivity contribution in [3.8, 4) is 0 Å². The zero-order valence-corrected chi connectivity index (χ0v) is 18.0. The largest absolute Gasteiger partial charge is 0.355 e. The highest BCUT2D eigenvalue weighted by Crippen LogP contribution is 2.27. The molecule has 1 saturated carbocycles. The molecule has 7 heteroatoms. The van der Waals surface area contributed by atoms with E-state index in [0.717, 1.165) is 50.5 Å². The Labute approximate surface area is 175 Å². The van der Waals surface area contributed by atoms with Gasteiger partial charge in [-0.25, -0.2) is 9.97 Å². The minimum Gasteiger partial charge on any atom is -0.355 e. The van der Waals surface area contributed by atoms with Gasteiger partial charge >= 0.3 is 0 Å². The van der Waals surface area contributed by atoms with Crippen LogP contribution < -0.4 is 10.2 Å². The molecule has 0 bridgehead atoms. The summed E-state index contributed by atoms with van der Waals surface area (Å²) in [6, 6.07) is 2.53. The molecular weight excluding hydrogens is 362 g/mol. The van der Waals surface area contributed by atoms with Gasteiger partial charge in [-0.2, -0.15) is 0 Å². The molecule has 1 atom stereocenters. The molecule has 1 aliphatic carbocycles. The third-order valence-corrected chi connectivity index (χ3v) is 6.84. The van der Waals surface area contributed by atoms with Crippen LogP contribution in [0.15, 0.2) is 23.5 Å². The van der Waals surface area contributed by atoms with Crippen molar-refractivity contribution in [2.24, 2.45) is 10.9 Å². The number of aromatic nitrogens is 2. The van der Waals surface area contributed by atoms with E-state index in [2.05, 4.69) is 35.0 Å². The molecule has 2 saturated heterocycles. The van der Waals surface area contributed by atoms with Crippen LogP contribution in [-0.4, -0.2) is 84.6 Å². The number of likely N-dealkylation sites (tertiary alicyclic amines) is 1. The first-order valence-electron chi connectivity index (χ1n) is 11.5. The number of anilines is 1. The first-order chi connectivity index (χ1) is 14.3. The lowest BCUT2D eigenvalue weighted by molar-refractivity contribution is 0.187. The maximum Gasteiger partial charge on any atom is 0.225 e. The van der Waals surface area contributed by atoms with Gasteiger partial charge in [-0.15, -0.1) is 0 Å². The van der Waals surface area contributed by atoms with Gasteiger partial charge in [0.2, 0.25) is 5.95 Å². The van der Waals surface area contributed by atoms with Crippen LogP contribution in [0.3, 0.4) is 0 Å². The predicted octanol–water partition coefficient (Wildman–Crippen LogP) is 2.22. The van der Waals surface area contributed by atoms with Gasteiger partial charge in [0, 0.05) is 64.8 Å². The van der Waals surface area contributed by atoms with E-state index in [4.69, 9.17) is 0 Å². The number of nitrogens with one attached hydrogen (secondary N) is 1. The maximum absolute atomic E-state index is 4.57. The van der Waals surface area contributed by atoms with Crippen molar-refractivity contribution in [3.05, 3.63) is 18.5 Å². The van der Waals surface area contributed by atoms with Gasteiger partial charge in [0.15, 0.2) is 5.96 Å². The predicted molar refractivity (Wildman–Crippen MR) is 118 cm³/mol. The Morgan fingerprint density at radius 1 is 1.00 bits per heavy atom. The van der Waals surface area contributed by atoms with Crippen LogP contribution in [0.1, 0.15) is 44.9 Å². The van der Waals surface area contributed by atoms with Crippen molar-refractivity contribution < 1.29 is 0 Å². The summed E-state index contributed by atoms with van der Waals surface area (Å²) in [5, 5.41) is 3.69. The Kier molecular flexibility index (Phi) is 7.19. The Morgan fingerprint density at radius 3 is 2.48 bits per heavy atom. The van der Waals surface area contributed by atoms with Crippen molar-refractivity contribution in [2.75, 3.05) is 57.8 Å². The summed E-state index contributed by atoms with van der Waals surface area (Å²) >= 11 is 0. The molecule has 0 spiro atoms. The first-order valence-corrected chi connectivity index (χ1v) is 11.5. The average molecular weight is 400 g/mol. The SMILES string of the molecule is CN=C(NCC1CCCN1CC1CCCCC1)N1CCN(c2ncccn2)CC1. The second-order valence-electron chi connectivity index (χ2n) is 8.75. The molecule has 1 N–H and O–H groups in total. The van der Waals surface area contributed by atoms with Crippen molar-refractivity contribution in [1.82, 2.24) is 25.1 Å². The van der Waals surface area contributed by atoms with Gasteiger partial charge in [0.25, 0.3) is 0 Å². The molecule has 4 rings (SSSR count). The Morgan fingerprint density at radius 2 is 1.76 bits per heavy atom. The van der Waals surface area contributed by atoms with Gasteiger partial charge in [-0.1, -0.05) is 19.3 Å². The standard InChI is InChI=1S/C22H37N7/c1-23-21(27-13-15-28(16-14-27)22-24-10-6-11-25-22)26-17-20-9-5-12-29(20)18-19-7-3-2-4-8-19/h6,10-11,19-20H,2-5,7-9,12-18H2,1H3,(H,23,26). The highest BCUT2D eigenvalue weighted by Gasteiger charge is 2.28. The third kappa shape index (κ3) is 5.38. The van der Waals surface area contributed by atoms with E-state index in [-0.39, 0.29) is 0 Å². The van der Waals surface area contributed by atoms with E-state index in [1.54, 1.807) is 0 Å². The van der Waals surface area contributed by atoms with E-state index >= 15 is 0 Å². The summed E-state index contributed by atoms with van der Waals surface area (Å²) in [7, 11) is 1.91. The van der Waals surface area contributed by atoms with E-state index in [0.29, 0.717) is 6.04 Å². The monoisotopic (exact) mass is 399 g/mol. The number of hydrogen-bond donors (Lipinski definition) is 1. The highest BCUT2D eigenvalue weighted by atomic mass is 15.4. The number of hydrogen-bond acceptors (Lipinski definition) is 5. The molecule has 0 amide bonds. The molecular formula is C22H37N7. The van der Waals surface area contributed by atoms with Crippen LogP contribution in [0.25, 0.3) is 0 Å². The quantitative estimate of drug-likeness (QED) is 0.605. The van der Waals surface area contributed by atoms with Crippen LogP contribution in [0.4, 0.5) is 5.95 Å². The molecule has 2 aliphatic heterocycles. The lowest BCUT2D eigenvalue weighted by Gasteiger charge is -2.37. The second kappa shape index (κ2) is 10.2. The molecule has 3 fully saturated rings. The zero-order valence-electron chi connectivity index (χ0n) is 18.0. The Bertz CT molecular complexity index is 636. The second-order valence-corrected chi connectivity index (χ2v) is 8.75. The van der Waals surface area contributed by atoms with Crippen LogP contribution in [0, 0.1) is 5.92 Å². The van der Waals surface area contributed by atoms with Crippen LogP contribution >= 0.6 is 0 Å².